The standard InChI is InChI=1S/C19H16ClN5O/c1-12-4-2-3-5-16(12)18-23-19-22-15(10-17(26)25(19)24-18)11-21-14-8-6-13(20)7-9-14/h2-10,21H,11H2,1H3,(H,22,23,24). The van der Waals surface area contributed by atoms with E-state index in [4.69, 9.17) is 11.6 Å². The van der Waals surface area contributed by atoms with Crippen LogP contribution in [0, 0.1) is 6.92 Å². The fourth-order valence-electron chi connectivity index (χ4n) is 2.73. The molecule has 0 amide bonds. The number of aromatic nitrogens is 4. The van der Waals surface area contributed by atoms with Gasteiger partial charge in [0.2, 0.25) is 5.78 Å². The number of nitrogens with one attached hydrogen (secondary N) is 2. The highest BCUT2D eigenvalue weighted by atomic mass is 35.5. The molecule has 0 unspecified atom stereocenters. The molecule has 0 atom stereocenters. The van der Waals surface area contributed by atoms with Crippen molar-refractivity contribution in [3.05, 3.63) is 81.2 Å². The van der Waals surface area contributed by atoms with Gasteiger partial charge in [-0.25, -0.2) is 0 Å². The van der Waals surface area contributed by atoms with E-state index < -0.39 is 0 Å². The summed E-state index contributed by atoms with van der Waals surface area (Å²) in [7, 11) is 0. The van der Waals surface area contributed by atoms with Crippen molar-refractivity contribution in [1.29, 1.82) is 0 Å². The second-order valence-electron chi connectivity index (χ2n) is 5.98. The lowest BCUT2D eigenvalue weighted by Gasteiger charge is -2.06. The van der Waals surface area contributed by atoms with Gasteiger partial charge >= 0.3 is 0 Å². The second-order valence-corrected chi connectivity index (χ2v) is 6.42. The topological polar surface area (TPSA) is 75.1 Å². The number of benzene rings is 2. The minimum Gasteiger partial charge on any atom is -0.379 e. The van der Waals surface area contributed by atoms with Gasteiger partial charge in [-0.15, -0.1) is 5.10 Å². The fraction of sp³-hybridized carbons (Fsp3) is 0.105. The highest BCUT2D eigenvalue weighted by molar-refractivity contribution is 6.30. The van der Waals surface area contributed by atoms with Crippen molar-refractivity contribution in [2.24, 2.45) is 0 Å². The lowest BCUT2D eigenvalue weighted by atomic mass is 10.1. The first-order chi connectivity index (χ1) is 12.6. The number of H-pyrrole nitrogens is 1. The highest BCUT2D eigenvalue weighted by Gasteiger charge is 2.11. The van der Waals surface area contributed by atoms with Crippen molar-refractivity contribution in [2.75, 3.05) is 5.32 Å². The third-order valence-corrected chi connectivity index (χ3v) is 4.35. The maximum absolute atomic E-state index is 12.4. The van der Waals surface area contributed by atoms with Crippen LogP contribution in [0.4, 0.5) is 5.69 Å². The minimum atomic E-state index is -0.223. The smallest absolute Gasteiger partial charge is 0.275 e. The van der Waals surface area contributed by atoms with E-state index in [1.807, 2.05) is 55.5 Å². The molecule has 0 aliphatic heterocycles. The fourth-order valence-corrected chi connectivity index (χ4v) is 2.86. The molecule has 2 aromatic carbocycles. The van der Waals surface area contributed by atoms with Gasteiger partial charge in [-0.2, -0.15) is 9.50 Å². The number of fused-ring (bicyclic) bond motifs is 1. The second kappa shape index (κ2) is 6.65. The first-order valence-electron chi connectivity index (χ1n) is 8.14. The van der Waals surface area contributed by atoms with Gasteiger partial charge in [-0.05, 0) is 36.8 Å². The molecule has 0 fully saturated rings. The SMILES string of the molecule is Cc1ccccc1-c1nc2[nH]c(CNc3ccc(Cl)cc3)cc(=O)n2n1. The normalized spacial score (nSPS) is 11.0. The summed E-state index contributed by atoms with van der Waals surface area (Å²) in [6, 6.07) is 16.7. The van der Waals surface area contributed by atoms with E-state index in [1.165, 1.54) is 10.6 Å². The lowest BCUT2D eigenvalue weighted by molar-refractivity contribution is 0.878. The molecule has 0 aliphatic rings. The summed E-state index contributed by atoms with van der Waals surface area (Å²) < 4.78 is 1.29. The first-order valence-corrected chi connectivity index (χ1v) is 8.52. The zero-order valence-corrected chi connectivity index (χ0v) is 14.8. The average Bonchev–Trinajstić information content (AvgIpc) is 3.06. The Balaban J connectivity index is 1.65. The van der Waals surface area contributed by atoms with Gasteiger partial charge in [0.1, 0.15) is 0 Å². The molecular formula is C19H16ClN5O. The average molecular weight is 366 g/mol. The van der Waals surface area contributed by atoms with E-state index in [1.54, 1.807) is 0 Å². The van der Waals surface area contributed by atoms with Crippen LogP contribution in [0.5, 0.6) is 0 Å². The summed E-state index contributed by atoms with van der Waals surface area (Å²) in [6.07, 6.45) is 0. The van der Waals surface area contributed by atoms with Gasteiger partial charge in [0, 0.05) is 28.0 Å². The van der Waals surface area contributed by atoms with Gasteiger partial charge in [0.15, 0.2) is 5.82 Å². The molecule has 0 saturated carbocycles. The molecule has 0 saturated heterocycles. The van der Waals surface area contributed by atoms with Gasteiger partial charge in [0.25, 0.3) is 5.56 Å². The zero-order chi connectivity index (χ0) is 18.1. The number of rotatable bonds is 4. The van der Waals surface area contributed by atoms with Crippen molar-refractivity contribution >= 4 is 23.1 Å². The maximum Gasteiger partial charge on any atom is 0.275 e. The monoisotopic (exact) mass is 365 g/mol. The van der Waals surface area contributed by atoms with Gasteiger partial charge in [0.05, 0.1) is 6.54 Å². The van der Waals surface area contributed by atoms with Crippen LogP contribution in [-0.4, -0.2) is 19.6 Å². The summed E-state index contributed by atoms with van der Waals surface area (Å²) >= 11 is 5.89. The van der Waals surface area contributed by atoms with E-state index in [-0.39, 0.29) is 5.56 Å². The molecule has 0 bridgehead atoms. The van der Waals surface area contributed by atoms with E-state index in [2.05, 4.69) is 20.4 Å². The molecule has 2 heterocycles. The van der Waals surface area contributed by atoms with Crippen LogP contribution in [0.2, 0.25) is 5.02 Å². The Hall–Kier alpha value is -3.12. The third-order valence-electron chi connectivity index (χ3n) is 4.10. The Morgan fingerprint density at radius 3 is 2.69 bits per heavy atom. The van der Waals surface area contributed by atoms with E-state index in [0.29, 0.717) is 23.2 Å². The number of hydrogen-bond donors (Lipinski definition) is 2. The molecule has 4 rings (SSSR count). The van der Waals surface area contributed by atoms with Crippen LogP contribution in [0.3, 0.4) is 0 Å². The zero-order valence-electron chi connectivity index (χ0n) is 14.0. The van der Waals surface area contributed by atoms with Crippen LogP contribution in [-0.2, 0) is 6.54 Å². The van der Waals surface area contributed by atoms with E-state index in [9.17, 15) is 4.79 Å². The van der Waals surface area contributed by atoms with Crippen molar-refractivity contribution < 1.29 is 0 Å². The third kappa shape index (κ3) is 3.19. The molecule has 7 heteroatoms. The van der Waals surface area contributed by atoms with Crippen LogP contribution in [0.25, 0.3) is 17.2 Å². The van der Waals surface area contributed by atoms with Gasteiger partial charge in [-0.3, -0.25) is 4.79 Å². The Morgan fingerprint density at radius 2 is 1.92 bits per heavy atom. The molecular weight excluding hydrogens is 350 g/mol. The summed E-state index contributed by atoms with van der Waals surface area (Å²) in [5.74, 6) is 0.947. The number of aryl methyl sites for hydroxylation is 1. The minimum absolute atomic E-state index is 0.223. The first kappa shape index (κ1) is 16.4. The predicted molar refractivity (Wildman–Crippen MR) is 103 cm³/mol. The molecule has 0 aliphatic carbocycles. The van der Waals surface area contributed by atoms with Crippen molar-refractivity contribution in [3.63, 3.8) is 0 Å². The van der Waals surface area contributed by atoms with Crippen molar-refractivity contribution in [1.82, 2.24) is 19.6 Å². The van der Waals surface area contributed by atoms with E-state index in [0.717, 1.165) is 22.5 Å². The van der Waals surface area contributed by atoms with Crippen molar-refractivity contribution in [3.8, 4) is 11.4 Å². The molecule has 0 radical (unpaired) electrons. The van der Waals surface area contributed by atoms with Crippen LogP contribution in [0.15, 0.2) is 59.4 Å². The van der Waals surface area contributed by atoms with Crippen LogP contribution in [0.1, 0.15) is 11.3 Å². The molecule has 130 valence electrons. The van der Waals surface area contributed by atoms with Crippen molar-refractivity contribution in [2.45, 2.75) is 13.5 Å². The Labute approximate surface area is 154 Å². The number of halogens is 1. The Kier molecular flexibility index (Phi) is 4.18. The Bertz CT molecular complexity index is 1130. The van der Waals surface area contributed by atoms with Gasteiger partial charge < -0.3 is 10.3 Å². The Morgan fingerprint density at radius 1 is 1.15 bits per heavy atom. The summed E-state index contributed by atoms with van der Waals surface area (Å²) in [4.78, 5) is 20.0. The van der Waals surface area contributed by atoms with E-state index >= 15 is 0 Å². The molecule has 4 aromatic rings. The molecule has 6 nitrogen and oxygen atoms in total. The van der Waals surface area contributed by atoms with Crippen LogP contribution >= 0.6 is 11.6 Å². The quantitative estimate of drug-likeness (QED) is 0.578. The summed E-state index contributed by atoms with van der Waals surface area (Å²) in [5.41, 5.74) is 3.38. The molecule has 26 heavy (non-hydrogen) atoms. The number of aromatic amines is 1. The number of anilines is 1. The largest absolute Gasteiger partial charge is 0.379 e. The lowest BCUT2D eigenvalue weighted by Crippen LogP contribution is -2.17. The highest BCUT2D eigenvalue weighted by Crippen LogP contribution is 2.19. The summed E-state index contributed by atoms with van der Waals surface area (Å²) in [5, 5.41) is 8.26. The predicted octanol–water partition coefficient (Wildman–Crippen LogP) is 3.66. The summed E-state index contributed by atoms with van der Waals surface area (Å²) in [6.45, 7) is 2.45. The molecule has 0 spiro atoms. The number of nitrogens with zero attached hydrogens (tertiary/aromatic N) is 3. The number of hydrogen-bond acceptors (Lipinski definition) is 4. The van der Waals surface area contributed by atoms with Gasteiger partial charge in [-0.1, -0.05) is 35.9 Å². The molecule has 2 N–H and O–H groups in total. The molecule has 2 aromatic heterocycles. The van der Waals surface area contributed by atoms with Crippen LogP contribution < -0.4 is 10.9 Å². The maximum atomic E-state index is 12.4.